The van der Waals surface area contributed by atoms with Crippen LogP contribution in [0.4, 0.5) is 0 Å². The quantitative estimate of drug-likeness (QED) is 0.321. The summed E-state index contributed by atoms with van der Waals surface area (Å²) in [6, 6.07) is 0. The van der Waals surface area contributed by atoms with E-state index in [1.165, 1.54) is 0 Å². The zero-order valence-corrected chi connectivity index (χ0v) is 8.20. The maximum atomic E-state index is 4.02. The number of hydrogen-bond donors (Lipinski definition) is 1. The molecule has 0 aliphatic heterocycles. The molecule has 0 heterocycles. The molecule has 0 atom stereocenters. The first-order valence-corrected chi connectivity index (χ1v) is 2.66. The first-order chi connectivity index (χ1) is 2.77. The SMILES string of the molecule is CN(C)CCS.[H-].[Na+]. The third-order valence-corrected chi connectivity index (χ3v) is 0.747. The van der Waals surface area contributed by atoms with Gasteiger partial charge in [-0.2, -0.15) is 12.6 Å². The first-order valence-electron chi connectivity index (χ1n) is 2.03. The van der Waals surface area contributed by atoms with Crippen LogP contribution < -0.4 is 29.6 Å². The van der Waals surface area contributed by atoms with Crippen molar-refractivity contribution in [3.05, 3.63) is 0 Å². The maximum absolute atomic E-state index is 4.02. The van der Waals surface area contributed by atoms with Crippen LogP contribution in [0.5, 0.6) is 0 Å². The van der Waals surface area contributed by atoms with Crippen LogP contribution in [0.1, 0.15) is 1.43 Å². The Kier molecular flexibility index (Phi) is 11.6. The van der Waals surface area contributed by atoms with Gasteiger partial charge in [-0.15, -0.1) is 0 Å². The Labute approximate surface area is 74.6 Å². The van der Waals surface area contributed by atoms with Gasteiger partial charge in [0.15, 0.2) is 0 Å². The van der Waals surface area contributed by atoms with Crippen LogP contribution in [0.2, 0.25) is 0 Å². The van der Waals surface area contributed by atoms with Gasteiger partial charge >= 0.3 is 29.6 Å². The fourth-order valence-electron chi connectivity index (χ4n) is 0.200. The molecule has 0 bridgehead atoms. The molecule has 0 aromatic carbocycles. The second-order valence-corrected chi connectivity index (χ2v) is 1.97. The standard InChI is InChI=1S/C4H11NS.Na.H/c1-5(2)3-4-6;;/h6H,3-4H2,1-2H3;;/q;+1;-1. The van der Waals surface area contributed by atoms with Gasteiger partial charge in [0.05, 0.1) is 0 Å². The van der Waals surface area contributed by atoms with E-state index >= 15 is 0 Å². The molecule has 0 amide bonds. The average Bonchev–Trinajstić information content (AvgIpc) is 1.35. The zero-order chi connectivity index (χ0) is 4.99. The predicted octanol–water partition coefficient (Wildman–Crippen LogP) is -2.41. The Morgan fingerprint density at radius 1 is 1.57 bits per heavy atom. The molecular weight excluding hydrogens is 117 g/mol. The summed E-state index contributed by atoms with van der Waals surface area (Å²) < 4.78 is 0. The van der Waals surface area contributed by atoms with Crippen LogP contribution in [-0.4, -0.2) is 31.3 Å². The van der Waals surface area contributed by atoms with Gasteiger partial charge in [-0.3, -0.25) is 0 Å². The minimum Gasteiger partial charge on any atom is -1.00 e. The summed E-state index contributed by atoms with van der Waals surface area (Å²) >= 11 is 4.02. The molecule has 40 valence electrons. The van der Waals surface area contributed by atoms with Crippen LogP contribution in [0, 0.1) is 0 Å². The van der Waals surface area contributed by atoms with E-state index < -0.39 is 0 Å². The number of hydrogen-bond acceptors (Lipinski definition) is 2. The molecule has 0 radical (unpaired) electrons. The molecule has 0 aliphatic carbocycles. The summed E-state index contributed by atoms with van der Waals surface area (Å²) in [4.78, 5) is 2.10. The Morgan fingerprint density at radius 3 is 2.00 bits per heavy atom. The first kappa shape index (κ1) is 11.2. The molecule has 1 nitrogen and oxygen atoms in total. The molecule has 3 heteroatoms. The van der Waals surface area contributed by atoms with Crippen molar-refractivity contribution in [2.45, 2.75) is 0 Å². The molecule has 0 aliphatic rings. The Morgan fingerprint density at radius 2 is 2.00 bits per heavy atom. The van der Waals surface area contributed by atoms with E-state index in [9.17, 15) is 0 Å². The van der Waals surface area contributed by atoms with E-state index in [-0.39, 0.29) is 31.0 Å². The molecule has 0 aromatic rings. The van der Waals surface area contributed by atoms with Gasteiger partial charge in [-0.1, -0.05) is 0 Å². The summed E-state index contributed by atoms with van der Waals surface area (Å²) in [6.45, 7) is 1.07. The molecule has 0 saturated heterocycles. The number of thiol groups is 1. The van der Waals surface area contributed by atoms with Gasteiger partial charge in [-0.05, 0) is 14.1 Å². The van der Waals surface area contributed by atoms with Gasteiger partial charge in [0.25, 0.3) is 0 Å². The van der Waals surface area contributed by atoms with Crippen molar-refractivity contribution in [3.8, 4) is 0 Å². The molecule has 0 spiro atoms. The number of rotatable bonds is 2. The van der Waals surface area contributed by atoms with Gasteiger partial charge in [0.2, 0.25) is 0 Å². The molecule has 0 saturated carbocycles. The molecule has 7 heavy (non-hydrogen) atoms. The monoisotopic (exact) mass is 129 g/mol. The molecule has 0 unspecified atom stereocenters. The van der Waals surface area contributed by atoms with E-state index in [1.807, 2.05) is 14.1 Å². The van der Waals surface area contributed by atoms with Gasteiger partial charge in [-0.25, -0.2) is 0 Å². The van der Waals surface area contributed by atoms with Gasteiger partial charge < -0.3 is 6.33 Å². The van der Waals surface area contributed by atoms with Gasteiger partial charge in [0, 0.05) is 12.3 Å². The predicted molar refractivity (Wildman–Crippen MR) is 33.5 cm³/mol. The Balaban J connectivity index is -0.000000125. The van der Waals surface area contributed by atoms with Gasteiger partial charge in [0.1, 0.15) is 0 Å². The van der Waals surface area contributed by atoms with Crippen molar-refractivity contribution >= 4 is 12.6 Å². The van der Waals surface area contributed by atoms with Crippen LogP contribution in [0.25, 0.3) is 0 Å². The third kappa shape index (κ3) is 11.1. The average molecular weight is 129 g/mol. The normalized spacial score (nSPS) is 8.57. The van der Waals surface area contributed by atoms with Crippen LogP contribution in [-0.2, 0) is 0 Å². The van der Waals surface area contributed by atoms with Crippen molar-refractivity contribution in [1.29, 1.82) is 0 Å². The Hall–Kier alpha value is 1.31. The van der Waals surface area contributed by atoms with Crippen LogP contribution >= 0.6 is 12.6 Å². The third-order valence-electron chi connectivity index (χ3n) is 0.547. The minimum absolute atomic E-state index is 0. The molecule has 0 N–H and O–H groups in total. The topological polar surface area (TPSA) is 3.24 Å². The summed E-state index contributed by atoms with van der Waals surface area (Å²) in [5.74, 6) is 0.951. The van der Waals surface area contributed by atoms with E-state index in [4.69, 9.17) is 0 Å². The van der Waals surface area contributed by atoms with Crippen molar-refractivity contribution in [2.75, 3.05) is 26.4 Å². The second kappa shape index (κ2) is 7.31. The number of nitrogens with zero attached hydrogens (tertiary/aromatic N) is 1. The Bertz CT molecular complexity index is 37.2. The minimum atomic E-state index is 0. The van der Waals surface area contributed by atoms with Crippen LogP contribution in [0.15, 0.2) is 0 Å². The summed E-state index contributed by atoms with van der Waals surface area (Å²) in [6.07, 6.45) is 0. The van der Waals surface area contributed by atoms with Crippen molar-refractivity contribution in [2.24, 2.45) is 0 Å². The summed E-state index contributed by atoms with van der Waals surface area (Å²) in [7, 11) is 4.08. The zero-order valence-electron chi connectivity index (χ0n) is 6.31. The van der Waals surface area contributed by atoms with E-state index in [2.05, 4.69) is 17.5 Å². The molecular formula is C4H12NNaS. The maximum Gasteiger partial charge on any atom is 1.00 e. The molecule has 0 fully saturated rings. The van der Waals surface area contributed by atoms with E-state index in [1.54, 1.807) is 0 Å². The van der Waals surface area contributed by atoms with Crippen molar-refractivity contribution in [3.63, 3.8) is 0 Å². The second-order valence-electron chi connectivity index (χ2n) is 1.53. The largest absolute Gasteiger partial charge is 1.00 e. The van der Waals surface area contributed by atoms with Crippen molar-refractivity contribution in [1.82, 2.24) is 4.90 Å². The van der Waals surface area contributed by atoms with E-state index in [0.29, 0.717) is 0 Å². The molecule has 0 aromatic heterocycles. The van der Waals surface area contributed by atoms with Crippen LogP contribution in [0.3, 0.4) is 0 Å². The summed E-state index contributed by atoms with van der Waals surface area (Å²) in [5, 5.41) is 0. The summed E-state index contributed by atoms with van der Waals surface area (Å²) in [5.41, 5.74) is 0. The van der Waals surface area contributed by atoms with Crippen molar-refractivity contribution < 1.29 is 31.0 Å². The smallest absolute Gasteiger partial charge is 1.00 e. The fraction of sp³-hybridized carbons (Fsp3) is 1.00. The fourth-order valence-corrected chi connectivity index (χ4v) is 0.600. The molecule has 0 rings (SSSR count). The van der Waals surface area contributed by atoms with E-state index in [0.717, 1.165) is 12.3 Å².